The molecule has 0 aliphatic heterocycles. The van der Waals surface area contributed by atoms with Crippen molar-refractivity contribution in [2.45, 2.75) is 6.43 Å². The maximum absolute atomic E-state index is 12.6. The van der Waals surface area contributed by atoms with E-state index in [1.807, 2.05) is 0 Å². The van der Waals surface area contributed by atoms with E-state index in [9.17, 15) is 23.7 Å². The number of carbonyl (C=O) groups excluding carboxylic acids is 1. The molecule has 0 aromatic carbocycles. The average molecular weight is 362 g/mol. The second-order valence-electron chi connectivity index (χ2n) is 2.55. The van der Waals surface area contributed by atoms with Crippen LogP contribution in [0.1, 0.15) is 22.5 Å². The quantitative estimate of drug-likeness (QED) is 0.359. The van der Waals surface area contributed by atoms with Crippen molar-refractivity contribution in [3.05, 3.63) is 31.1 Å². The van der Waals surface area contributed by atoms with Gasteiger partial charge in [-0.25, -0.2) is 13.8 Å². The van der Waals surface area contributed by atoms with Crippen LogP contribution < -0.4 is 0 Å². The Kier molecular flexibility index (Phi) is 4.08. The number of carbonyl (C=O) groups is 1. The molecule has 1 heterocycles. The molecule has 0 saturated carbocycles. The van der Waals surface area contributed by atoms with E-state index in [4.69, 9.17) is 11.6 Å². The van der Waals surface area contributed by atoms with Crippen molar-refractivity contribution in [3.63, 3.8) is 0 Å². The second kappa shape index (κ2) is 4.95. The first-order valence-corrected chi connectivity index (χ1v) is 5.12. The SMILES string of the molecule is O=C(Cl)c1ncc([N+](=O)[O-])c(I)c1C(F)F. The minimum absolute atomic E-state index is 0.336. The number of hydrogen-bond donors (Lipinski definition) is 0. The van der Waals surface area contributed by atoms with Crippen LogP contribution in [-0.2, 0) is 0 Å². The van der Waals surface area contributed by atoms with Crippen LogP contribution in [0.2, 0.25) is 0 Å². The van der Waals surface area contributed by atoms with E-state index in [0.29, 0.717) is 0 Å². The van der Waals surface area contributed by atoms with Gasteiger partial charge >= 0.3 is 5.69 Å². The zero-order valence-electron chi connectivity index (χ0n) is 7.29. The Morgan fingerprint density at radius 3 is 2.56 bits per heavy atom. The minimum Gasteiger partial charge on any atom is -0.274 e. The highest BCUT2D eigenvalue weighted by Crippen LogP contribution is 2.33. The first-order chi connectivity index (χ1) is 7.36. The molecule has 16 heavy (non-hydrogen) atoms. The van der Waals surface area contributed by atoms with Gasteiger partial charge in [-0.05, 0) is 34.2 Å². The number of alkyl halides is 2. The highest BCUT2D eigenvalue weighted by atomic mass is 127. The first kappa shape index (κ1) is 13.2. The molecule has 0 bridgehead atoms. The lowest BCUT2D eigenvalue weighted by molar-refractivity contribution is -0.386. The van der Waals surface area contributed by atoms with Gasteiger partial charge in [-0.3, -0.25) is 14.9 Å². The Hall–Kier alpha value is -0.900. The van der Waals surface area contributed by atoms with Gasteiger partial charge in [0.1, 0.15) is 15.5 Å². The number of aromatic nitrogens is 1. The number of nitro groups is 1. The molecule has 0 radical (unpaired) electrons. The maximum Gasteiger partial charge on any atom is 0.301 e. The Labute approximate surface area is 106 Å². The van der Waals surface area contributed by atoms with E-state index < -0.39 is 33.5 Å². The Bertz CT molecular complexity index is 469. The molecule has 0 aliphatic rings. The van der Waals surface area contributed by atoms with Gasteiger partial charge < -0.3 is 0 Å². The van der Waals surface area contributed by atoms with Crippen LogP contribution in [0.5, 0.6) is 0 Å². The monoisotopic (exact) mass is 362 g/mol. The van der Waals surface area contributed by atoms with Crippen molar-refractivity contribution >= 4 is 45.1 Å². The Balaban J connectivity index is 3.54. The fourth-order valence-electron chi connectivity index (χ4n) is 0.977. The molecule has 1 aromatic rings. The van der Waals surface area contributed by atoms with Crippen molar-refractivity contribution < 1.29 is 18.5 Å². The van der Waals surface area contributed by atoms with Gasteiger partial charge in [0.15, 0.2) is 0 Å². The Morgan fingerprint density at radius 2 is 2.19 bits per heavy atom. The van der Waals surface area contributed by atoms with Crippen molar-refractivity contribution in [3.8, 4) is 0 Å². The van der Waals surface area contributed by atoms with E-state index in [2.05, 4.69) is 4.98 Å². The highest BCUT2D eigenvalue weighted by molar-refractivity contribution is 14.1. The van der Waals surface area contributed by atoms with Crippen LogP contribution in [0, 0.1) is 13.7 Å². The van der Waals surface area contributed by atoms with Crippen LogP contribution in [-0.4, -0.2) is 15.1 Å². The molecule has 0 N–H and O–H groups in total. The van der Waals surface area contributed by atoms with Gasteiger partial charge in [0.25, 0.3) is 11.7 Å². The summed E-state index contributed by atoms with van der Waals surface area (Å²) < 4.78 is 24.9. The number of rotatable bonds is 3. The van der Waals surface area contributed by atoms with Crippen molar-refractivity contribution in [1.82, 2.24) is 4.98 Å². The molecule has 9 heteroatoms. The summed E-state index contributed by atoms with van der Waals surface area (Å²) in [7, 11) is 0. The number of halogens is 4. The smallest absolute Gasteiger partial charge is 0.274 e. The van der Waals surface area contributed by atoms with E-state index >= 15 is 0 Å². The van der Waals surface area contributed by atoms with Crippen LogP contribution in [0.4, 0.5) is 14.5 Å². The van der Waals surface area contributed by atoms with Crippen molar-refractivity contribution in [2.75, 3.05) is 0 Å². The standard InChI is InChI=1S/C7H2ClF2IN2O3/c8-6(14)5-3(7(9)10)4(11)2(1-12-5)13(15)16/h1,7H. The average Bonchev–Trinajstić information content (AvgIpc) is 2.15. The maximum atomic E-state index is 12.6. The lowest BCUT2D eigenvalue weighted by atomic mass is 10.2. The summed E-state index contributed by atoms with van der Waals surface area (Å²) in [6, 6.07) is 0. The molecule has 0 atom stereocenters. The van der Waals surface area contributed by atoms with Crippen LogP contribution in [0.3, 0.4) is 0 Å². The van der Waals surface area contributed by atoms with E-state index in [1.165, 1.54) is 22.6 Å². The third-order valence-corrected chi connectivity index (χ3v) is 2.95. The fraction of sp³-hybridized carbons (Fsp3) is 0.143. The lowest BCUT2D eigenvalue weighted by Gasteiger charge is -2.06. The molecular weight excluding hydrogens is 360 g/mol. The van der Waals surface area contributed by atoms with Crippen LogP contribution in [0.15, 0.2) is 6.20 Å². The Morgan fingerprint density at radius 1 is 1.62 bits per heavy atom. The third-order valence-electron chi connectivity index (χ3n) is 1.63. The summed E-state index contributed by atoms with van der Waals surface area (Å²) >= 11 is 6.41. The molecular formula is C7H2ClF2IN2O3. The topological polar surface area (TPSA) is 73.1 Å². The number of pyridine rings is 1. The predicted octanol–water partition coefficient (Wildman–Crippen LogP) is 2.91. The normalized spacial score (nSPS) is 10.6. The van der Waals surface area contributed by atoms with Gasteiger partial charge in [0.2, 0.25) is 0 Å². The highest BCUT2D eigenvalue weighted by Gasteiger charge is 2.28. The van der Waals surface area contributed by atoms with Gasteiger partial charge in [-0.15, -0.1) is 0 Å². The first-order valence-electron chi connectivity index (χ1n) is 3.67. The predicted molar refractivity (Wildman–Crippen MR) is 58.7 cm³/mol. The molecule has 0 aliphatic carbocycles. The number of nitrogens with zero attached hydrogens (tertiary/aromatic N) is 2. The van der Waals surface area contributed by atoms with E-state index in [1.54, 1.807) is 0 Å². The van der Waals surface area contributed by atoms with E-state index in [-0.39, 0.29) is 3.57 Å². The van der Waals surface area contributed by atoms with Crippen LogP contribution >= 0.6 is 34.2 Å². The lowest BCUT2D eigenvalue weighted by Crippen LogP contribution is -2.07. The molecule has 1 aromatic heterocycles. The third kappa shape index (κ3) is 2.43. The van der Waals surface area contributed by atoms with Crippen molar-refractivity contribution in [2.24, 2.45) is 0 Å². The molecule has 0 amide bonds. The summed E-state index contributed by atoms with van der Waals surface area (Å²) in [6.07, 6.45) is -2.33. The summed E-state index contributed by atoms with van der Waals surface area (Å²) in [5.41, 5.74) is -2.06. The molecule has 86 valence electrons. The fourth-order valence-corrected chi connectivity index (χ4v) is 1.95. The summed E-state index contributed by atoms with van der Waals surface area (Å²) in [5, 5.41) is 9.30. The molecule has 0 saturated heterocycles. The largest absolute Gasteiger partial charge is 0.301 e. The second-order valence-corrected chi connectivity index (χ2v) is 3.97. The molecule has 0 spiro atoms. The molecule has 5 nitrogen and oxygen atoms in total. The summed E-state index contributed by atoms with van der Waals surface area (Å²) in [4.78, 5) is 23.7. The van der Waals surface area contributed by atoms with Gasteiger partial charge in [0.05, 0.1) is 10.5 Å². The molecule has 0 unspecified atom stereocenters. The number of hydrogen-bond acceptors (Lipinski definition) is 4. The van der Waals surface area contributed by atoms with Gasteiger partial charge in [-0.1, -0.05) is 0 Å². The van der Waals surface area contributed by atoms with Crippen molar-refractivity contribution in [1.29, 1.82) is 0 Å². The van der Waals surface area contributed by atoms with Gasteiger partial charge in [0, 0.05) is 0 Å². The zero-order valence-corrected chi connectivity index (χ0v) is 10.2. The summed E-state index contributed by atoms with van der Waals surface area (Å²) in [5.74, 6) is 0. The minimum atomic E-state index is -3.06. The zero-order chi connectivity index (χ0) is 12.5. The van der Waals surface area contributed by atoms with Crippen LogP contribution in [0.25, 0.3) is 0 Å². The molecule has 1 rings (SSSR count). The van der Waals surface area contributed by atoms with Gasteiger partial charge in [-0.2, -0.15) is 0 Å². The summed E-state index contributed by atoms with van der Waals surface area (Å²) in [6.45, 7) is 0. The van der Waals surface area contributed by atoms with E-state index in [0.717, 1.165) is 6.20 Å². The molecule has 0 fully saturated rings.